The molecule has 1 amide bonds. The molecule has 1 atom stereocenters. The number of aromatic amines is 1. The fourth-order valence-electron chi connectivity index (χ4n) is 4.16. The average Bonchev–Trinajstić information content (AvgIpc) is 3.35. The van der Waals surface area contributed by atoms with E-state index in [0.29, 0.717) is 59.6 Å². The third kappa shape index (κ3) is 4.93. The molecule has 9 heteroatoms. The molecule has 34 heavy (non-hydrogen) atoms. The van der Waals surface area contributed by atoms with E-state index in [1.54, 1.807) is 41.3 Å². The van der Waals surface area contributed by atoms with E-state index in [-0.39, 0.29) is 24.1 Å². The zero-order valence-corrected chi connectivity index (χ0v) is 19.2. The van der Waals surface area contributed by atoms with Crippen molar-refractivity contribution >= 4 is 34.5 Å². The number of aromatic nitrogens is 2. The van der Waals surface area contributed by atoms with Crippen LogP contribution in [0.1, 0.15) is 24.2 Å². The summed E-state index contributed by atoms with van der Waals surface area (Å²) >= 11 is 6.32. The Morgan fingerprint density at radius 1 is 1.21 bits per heavy atom. The minimum Gasteiger partial charge on any atom is -0.486 e. The predicted molar refractivity (Wildman–Crippen MR) is 128 cm³/mol. The van der Waals surface area contributed by atoms with Crippen LogP contribution in [-0.4, -0.2) is 53.2 Å². The van der Waals surface area contributed by atoms with Crippen molar-refractivity contribution < 1.29 is 19.0 Å². The average molecular weight is 482 g/mol. The largest absolute Gasteiger partial charge is 0.486 e. The molecular weight excluding hydrogens is 458 g/mol. The lowest BCUT2D eigenvalue weighted by Gasteiger charge is -2.24. The molecule has 0 aliphatic carbocycles. The van der Waals surface area contributed by atoms with Crippen molar-refractivity contribution in [3.8, 4) is 11.5 Å². The summed E-state index contributed by atoms with van der Waals surface area (Å²) in [5.41, 5.74) is 1.08. The number of H-pyrrole nitrogens is 1. The molecule has 1 fully saturated rings. The first-order chi connectivity index (χ1) is 16.6. The first-order valence-corrected chi connectivity index (χ1v) is 11.6. The number of halogens is 1. The van der Waals surface area contributed by atoms with Crippen molar-refractivity contribution in [1.29, 1.82) is 0 Å². The summed E-state index contributed by atoms with van der Waals surface area (Å²) < 4.78 is 16.9. The van der Waals surface area contributed by atoms with Crippen molar-refractivity contribution in [3.05, 3.63) is 69.2 Å². The number of benzene rings is 2. The SMILES string of the molecule is O=C(C=Cc1cc(Cl)c2c(c1)OCCO2)N(Cc1nc2ccccc2c(=O)[nH]1)CC1CCCO1. The number of amides is 1. The molecule has 0 radical (unpaired) electrons. The van der Waals surface area contributed by atoms with Gasteiger partial charge in [0.1, 0.15) is 19.0 Å². The molecule has 0 bridgehead atoms. The molecule has 1 saturated heterocycles. The van der Waals surface area contributed by atoms with E-state index in [2.05, 4.69) is 9.97 Å². The summed E-state index contributed by atoms with van der Waals surface area (Å²) in [6, 6.07) is 10.6. The minimum absolute atomic E-state index is 0.0479. The summed E-state index contributed by atoms with van der Waals surface area (Å²) in [5.74, 6) is 1.27. The quantitative estimate of drug-likeness (QED) is 0.541. The van der Waals surface area contributed by atoms with Crippen LogP contribution >= 0.6 is 11.6 Å². The normalized spacial score (nSPS) is 17.4. The molecule has 1 N–H and O–H groups in total. The first kappa shape index (κ1) is 22.4. The smallest absolute Gasteiger partial charge is 0.258 e. The fourth-order valence-corrected chi connectivity index (χ4v) is 4.43. The van der Waals surface area contributed by atoms with Crippen molar-refractivity contribution in [1.82, 2.24) is 14.9 Å². The molecular formula is C25H24ClN3O5. The van der Waals surface area contributed by atoms with Crippen molar-refractivity contribution in [2.75, 3.05) is 26.4 Å². The number of rotatable bonds is 6. The Morgan fingerprint density at radius 2 is 2.06 bits per heavy atom. The van der Waals surface area contributed by atoms with Gasteiger partial charge in [0.05, 0.1) is 28.6 Å². The third-order valence-electron chi connectivity index (χ3n) is 5.80. The van der Waals surface area contributed by atoms with Crippen LogP contribution in [0.15, 0.2) is 47.3 Å². The highest BCUT2D eigenvalue weighted by atomic mass is 35.5. The lowest BCUT2D eigenvalue weighted by Crippen LogP contribution is -2.36. The summed E-state index contributed by atoms with van der Waals surface area (Å²) in [6.45, 7) is 2.14. The van der Waals surface area contributed by atoms with Crippen LogP contribution in [0.4, 0.5) is 0 Å². The number of carbonyl (C=O) groups excluding carboxylic acids is 1. The number of para-hydroxylation sites is 1. The van der Waals surface area contributed by atoms with Gasteiger partial charge in [-0.2, -0.15) is 0 Å². The number of hydrogen-bond donors (Lipinski definition) is 1. The summed E-state index contributed by atoms with van der Waals surface area (Å²) in [5, 5.41) is 0.942. The zero-order valence-electron chi connectivity index (χ0n) is 18.5. The maximum absolute atomic E-state index is 13.2. The van der Waals surface area contributed by atoms with E-state index in [4.69, 9.17) is 25.8 Å². The Morgan fingerprint density at radius 3 is 2.91 bits per heavy atom. The van der Waals surface area contributed by atoms with Crippen molar-refractivity contribution in [2.45, 2.75) is 25.5 Å². The topological polar surface area (TPSA) is 93.8 Å². The van der Waals surface area contributed by atoms with Gasteiger partial charge in [-0.15, -0.1) is 0 Å². The Labute approximate surface area is 201 Å². The Hall–Kier alpha value is -3.36. The second-order valence-electron chi connectivity index (χ2n) is 8.24. The molecule has 5 rings (SSSR count). The Balaban J connectivity index is 1.39. The molecule has 0 saturated carbocycles. The molecule has 1 aromatic heterocycles. The van der Waals surface area contributed by atoms with Crippen LogP contribution in [-0.2, 0) is 16.1 Å². The first-order valence-electron chi connectivity index (χ1n) is 11.2. The van der Waals surface area contributed by atoms with Crippen LogP contribution < -0.4 is 15.0 Å². The van der Waals surface area contributed by atoms with Gasteiger partial charge in [0, 0.05) is 19.2 Å². The molecule has 2 aliphatic heterocycles. The van der Waals surface area contributed by atoms with Gasteiger partial charge >= 0.3 is 0 Å². The molecule has 3 heterocycles. The molecule has 8 nitrogen and oxygen atoms in total. The molecule has 2 aliphatic rings. The zero-order chi connectivity index (χ0) is 23.5. The maximum atomic E-state index is 13.2. The summed E-state index contributed by atoms with van der Waals surface area (Å²) in [7, 11) is 0. The number of hydrogen-bond acceptors (Lipinski definition) is 6. The van der Waals surface area contributed by atoms with E-state index >= 15 is 0 Å². The Kier molecular flexibility index (Phi) is 6.51. The van der Waals surface area contributed by atoms with Crippen molar-refractivity contribution in [2.24, 2.45) is 0 Å². The van der Waals surface area contributed by atoms with Gasteiger partial charge in [-0.05, 0) is 48.7 Å². The molecule has 0 spiro atoms. The maximum Gasteiger partial charge on any atom is 0.258 e. The summed E-state index contributed by atoms with van der Waals surface area (Å²) in [6.07, 6.45) is 4.96. The van der Waals surface area contributed by atoms with Gasteiger partial charge < -0.3 is 24.1 Å². The van der Waals surface area contributed by atoms with E-state index in [0.717, 1.165) is 18.4 Å². The van der Waals surface area contributed by atoms with Gasteiger partial charge in [-0.3, -0.25) is 9.59 Å². The van der Waals surface area contributed by atoms with Crippen LogP contribution in [0, 0.1) is 0 Å². The van der Waals surface area contributed by atoms with E-state index < -0.39 is 0 Å². The van der Waals surface area contributed by atoms with Gasteiger partial charge in [0.25, 0.3) is 5.56 Å². The second kappa shape index (κ2) is 9.87. The number of ether oxygens (including phenoxy) is 3. The standard InChI is InChI=1S/C25H24ClN3O5/c26-19-12-16(13-21-24(19)34-11-10-33-21)7-8-23(30)29(14-17-4-3-9-32-17)15-22-27-20-6-2-1-5-18(20)25(31)28-22/h1-2,5-8,12-13,17H,3-4,9-11,14-15H2,(H,27,28,31). The number of nitrogens with one attached hydrogen (secondary N) is 1. The lowest BCUT2D eigenvalue weighted by molar-refractivity contribution is -0.128. The second-order valence-corrected chi connectivity index (χ2v) is 8.65. The van der Waals surface area contributed by atoms with E-state index in [1.165, 1.54) is 6.08 Å². The van der Waals surface area contributed by atoms with Crippen LogP contribution in [0.5, 0.6) is 11.5 Å². The summed E-state index contributed by atoms with van der Waals surface area (Å²) in [4.78, 5) is 34.7. The molecule has 1 unspecified atom stereocenters. The Bertz CT molecular complexity index is 1300. The van der Waals surface area contributed by atoms with Crippen LogP contribution in [0.3, 0.4) is 0 Å². The van der Waals surface area contributed by atoms with Crippen LogP contribution in [0.2, 0.25) is 5.02 Å². The fraction of sp³-hybridized carbons (Fsp3) is 0.320. The van der Waals surface area contributed by atoms with Gasteiger partial charge in [-0.25, -0.2) is 4.98 Å². The van der Waals surface area contributed by atoms with Crippen LogP contribution in [0.25, 0.3) is 17.0 Å². The van der Waals surface area contributed by atoms with Gasteiger partial charge in [0.15, 0.2) is 11.5 Å². The number of carbonyl (C=O) groups is 1. The highest BCUT2D eigenvalue weighted by molar-refractivity contribution is 6.32. The number of fused-ring (bicyclic) bond motifs is 2. The lowest BCUT2D eigenvalue weighted by atomic mass is 10.1. The highest BCUT2D eigenvalue weighted by Gasteiger charge is 2.23. The van der Waals surface area contributed by atoms with E-state index in [1.807, 2.05) is 6.07 Å². The van der Waals surface area contributed by atoms with Crippen molar-refractivity contribution in [3.63, 3.8) is 0 Å². The third-order valence-corrected chi connectivity index (χ3v) is 6.08. The predicted octanol–water partition coefficient (Wildman–Crippen LogP) is 3.57. The highest BCUT2D eigenvalue weighted by Crippen LogP contribution is 2.38. The van der Waals surface area contributed by atoms with Gasteiger partial charge in [-0.1, -0.05) is 23.7 Å². The molecule has 2 aromatic carbocycles. The molecule has 176 valence electrons. The minimum atomic E-state index is -0.230. The molecule has 3 aromatic rings. The van der Waals surface area contributed by atoms with Gasteiger partial charge in [0.2, 0.25) is 5.91 Å². The monoisotopic (exact) mass is 481 g/mol. The number of nitrogens with zero attached hydrogens (tertiary/aromatic N) is 2. The van der Waals surface area contributed by atoms with E-state index in [9.17, 15) is 9.59 Å².